The molecule has 25 heavy (non-hydrogen) atoms. The number of benzene rings is 1. The first-order valence-electron chi connectivity index (χ1n) is 8.46. The lowest BCUT2D eigenvalue weighted by Gasteiger charge is -2.25. The molecule has 128 valence electrons. The van der Waals surface area contributed by atoms with E-state index in [1.54, 1.807) is 12.7 Å². The molecule has 3 aromatic rings. The molecule has 1 aliphatic heterocycles. The number of hydrogen-bond donors (Lipinski definition) is 0. The van der Waals surface area contributed by atoms with Crippen LogP contribution < -0.4 is 0 Å². The summed E-state index contributed by atoms with van der Waals surface area (Å²) >= 11 is 0. The number of nitrogens with zero attached hydrogens (tertiary/aromatic N) is 6. The molecule has 1 saturated heterocycles. The zero-order chi connectivity index (χ0) is 17.2. The maximum atomic E-state index is 12.9. The van der Waals surface area contributed by atoms with E-state index in [9.17, 15) is 4.79 Å². The molecule has 2 aromatic heterocycles. The van der Waals surface area contributed by atoms with E-state index in [0.717, 1.165) is 37.2 Å². The molecule has 0 aliphatic carbocycles. The van der Waals surface area contributed by atoms with Crippen LogP contribution in [0.25, 0.3) is 5.69 Å². The van der Waals surface area contributed by atoms with Crippen molar-refractivity contribution in [3.8, 4) is 5.69 Å². The molecule has 0 spiro atoms. The van der Waals surface area contributed by atoms with Crippen molar-refractivity contribution in [2.45, 2.75) is 32.4 Å². The predicted molar refractivity (Wildman–Crippen MR) is 92.4 cm³/mol. The van der Waals surface area contributed by atoms with Gasteiger partial charge in [0.05, 0.1) is 18.8 Å². The standard InChI is InChI=1S/C18H20N6O/c1-14-9-21-23(10-14)11-17-3-2-8-24(17)18(25)15-4-6-16(7-5-15)22-12-19-20-13-22/h4-7,9-10,12-13,17H,2-3,8,11H2,1H3/t17-/m1/s1. The summed E-state index contributed by atoms with van der Waals surface area (Å²) in [6.45, 7) is 3.58. The highest BCUT2D eigenvalue weighted by atomic mass is 16.2. The lowest BCUT2D eigenvalue weighted by molar-refractivity contribution is 0.0721. The van der Waals surface area contributed by atoms with Gasteiger partial charge in [0.25, 0.3) is 5.91 Å². The number of carbonyl (C=O) groups excluding carboxylic acids is 1. The summed E-state index contributed by atoms with van der Waals surface area (Å²) in [5.74, 6) is 0.0849. The number of rotatable bonds is 4. The molecule has 0 saturated carbocycles. The lowest BCUT2D eigenvalue weighted by Crippen LogP contribution is -2.38. The van der Waals surface area contributed by atoms with Crippen LogP contribution in [0.3, 0.4) is 0 Å². The summed E-state index contributed by atoms with van der Waals surface area (Å²) in [4.78, 5) is 14.9. The van der Waals surface area contributed by atoms with Gasteiger partial charge >= 0.3 is 0 Å². The minimum absolute atomic E-state index is 0.0849. The number of likely N-dealkylation sites (tertiary alicyclic amines) is 1. The molecule has 4 rings (SSSR count). The van der Waals surface area contributed by atoms with Gasteiger partial charge in [0.1, 0.15) is 12.7 Å². The third kappa shape index (κ3) is 3.17. The van der Waals surface area contributed by atoms with E-state index in [1.807, 2.05) is 57.7 Å². The Labute approximate surface area is 145 Å². The van der Waals surface area contributed by atoms with Crippen LogP contribution in [0.15, 0.2) is 49.3 Å². The van der Waals surface area contributed by atoms with E-state index in [1.165, 1.54) is 0 Å². The molecule has 1 amide bonds. The fourth-order valence-corrected chi connectivity index (χ4v) is 3.35. The third-order valence-corrected chi connectivity index (χ3v) is 4.63. The van der Waals surface area contributed by atoms with Gasteiger partial charge in [-0.05, 0) is 49.6 Å². The number of hydrogen-bond acceptors (Lipinski definition) is 4. The van der Waals surface area contributed by atoms with E-state index in [4.69, 9.17) is 0 Å². The monoisotopic (exact) mass is 336 g/mol. The van der Waals surface area contributed by atoms with Crippen LogP contribution in [-0.2, 0) is 6.54 Å². The fourth-order valence-electron chi connectivity index (χ4n) is 3.35. The van der Waals surface area contributed by atoms with E-state index >= 15 is 0 Å². The van der Waals surface area contributed by atoms with Crippen LogP contribution in [0.1, 0.15) is 28.8 Å². The van der Waals surface area contributed by atoms with Gasteiger partial charge in [-0.1, -0.05) is 0 Å². The van der Waals surface area contributed by atoms with E-state index in [-0.39, 0.29) is 11.9 Å². The molecular formula is C18H20N6O. The first kappa shape index (κ1) is 15.6. The molecule has 0 unspecified atom stereocenters. The van der Waals surface area contributed by atoms with Gasteiger partial charge in [-0.25, -0.2) is 0 Å². The molecule has 7 nitrogen and oxygen atoms in total. The van der Waals surface area contributed by atoms with Crippen LogP contribution in [-0.4, -0.2) is 47.9 Å². The second-order valence-electron chi connectivity index (χ2n) is 6.45. The zero-order valence-electron chi connectivity index (χ0n) is 14.1. The smallest absolute Gasteiger partial charge is 0.254 e. The summed E-state index contributed by atoms with van der Waals surface area (Å²) in [6, 6.07) is 7.76. The van der Waals surface area contributed by atoms with Crippen LogP contribution in [0.4, 0.5) is 0 Å². The van der Waals surface area contributed by atoms with Gasteiger partial charge in [-0.3, -0.25) is 14.0 Å². The van der Waals surface area contributed by atoms with Crippen LogP contribution in [0.2, 0.25) is 0 Å². The quantitative estimate of drug-likeness (QED) is 0.731. The summed E-state index contributed by atoms with van der Waals surface area (Å²) in [5.41, 5.74) is 2.78. The third-order valence-electron chi connectivity index (χ3n) is 4.63. The molecule has 1 aromatic carbocycles. The van der Waals surface area contributed by atoms with Gasteiger partial charge in [-0.15, -0.1) is 10.2 Å². The maximum Gasteiger partial charge on any atom is 0.254 e. The minimum Gasteiger partial charge on any atom is -0.334 e. The summed E-state index contributed by atoms with van der Waals surface area (Å²) in [6.07, 6.45) is 9.21. The molecule has 3 heterocycles. The first-order valence-corrected chi connectivity index (χ1v) is 8.46. The van der Waals surface area contributed by atoms with Crippen LogP contribution in [0.5, 0.6) is 0 Å². The predicted octanol–water partition coefficient (Wildman–Crippen LogP) is 2.08. The molecule has 1 atom stereocenters. The van der Waals surface area contributed by atoms with Gasteiger partial charge in [0.2, 0.25) is 0 Å². The number of aryl methyl sites for hydroxylation is 1. The SMILES string of the molecule is Cc1cnn(C[C@H]2CCCN2C(=O)c2ccc(-n3cnnc3)cc2)c1. The van der Waals surface area contributed by atoms with Crippen molar-refractivity contribution in [2.75, 3.05) is 6.54 Å². The fraction of sp³-hybridized carbons (Fsp3) is 0.333. The Bertz CT molecular complexity index is 852. The molecule has 1 aliphatic rings. The molecule has 0 radical (unpaired) electrons. The van der Waals surface area contributed by atoms with E-state index in [2.05, 4.69) is 15.3 Å². The van der Waals surface area contributed by atoms with Crippen molar-refractivity contribution < 1.29 is 4.79 Å². The summed E-state index contributed by atoms with van der Waals surface area (Å²) in [7, 11) is 0. The first-order chi connectivity index (χ1) is 12.2. The molecule has 1 fully saturated rings. The van der Waals surface area contributed by atoms with Gasteiger partial charge in [-0.2, -0.15) is 5.10 Å². The van der Waals surface area contributed by atoms with Crippen molar-refractivity contribution in [3.63, 3.8) is 0 Å². The normalized spacial score (nSPS) is 17.2. The number of aromatic nitrogens is 5. The highest BCUT2D eigenvalue weighted by molar-refractivity contribution is 5.94. The van der Waals surface area contributed by atoms with E-state index in [0.29, 0.717) is 5.56 Å². The second-order valence-corrected chi connectivity index (χ2v) is 6.45. The average Bonchev–Trinajstić information content (AvgIpc) is 3.37. The molecular weight excluding hydrogens is 316 g/mol. The van der Waals surface area contributed by atoms with Crippen molar-refractivity contribution in [1.29, 1.82) is 0 Å². The molecule has 0 N–H and O–H groups in total. The topological polar surface area (TPSA) is 68.8 Å². The molecule has 0 bridgehead atoms. The van der Waals surface area contributed by atoms with Crippen molar-refractivity contribution >= 4 is 5.91 Å². The Balaban J connectivity index is 1.49. The Morgan fingerprint density at radius 2 is 1.96 bits per heavy atom. The van der Waals surface area contributed by atoms with Crippen LogP contribution in [0, 0.1) is 6.92 Å². The maximum absolute atomic E-state index is 12.9. The van der Waals surface area contributed by atoms with Gasteiger partial charge < -0.3 is 4.90 Å². The number of carbonyl (C=O) groups is 1. The highest BCUT2D eigenvalue weighted by Gasteiger charge is 2.29. The number of amides is 1. The summed E-state index contributed by atoms with van der Waals surface area (Å²) in [5, 5.41) is 12.0. The van der Waals surface area contributed by atoms with E-state index < -0.39 is 0 Å². The second kappa shape index (κ2) is 6.51. The summed E-state index contributed by atoms with van der Waals surface area (Å²) < 4.78 is 3.74. The van der Waals surface area contributed by atoms with Crippen molar-refractivity contribution in [3.05, 3.63) is 60.4 Å². The van der Waals surface area contributed by atoms with Crippen molar-refractivity contribution in [2.24, 2.45) is 0 Å². The minimum atomic E-state index is 0.0849. The zero-order valence-corrected chi connectivity index (χ0v) is 14.1. The highest BCUT2D eigenvalue weighted by Crippen LogP contribution is 2.22. The Kier molecular flexibility index (Phi) is 4.05. The van der Waals surface area contributed by atoms with Crippen LogP contribution >= 0.6 is 0 Å². The molecule has 7 heteroatoms. The largest absolute Gasteiger partial charge is 0.334 e. The lowest BCUT2D eigenvalue weighted by atomic mass is 10.1. The van der Waals surface area contributed by atoms with Gasteiger partial charge in [0.15, 0.2) is 0 Å². The Morgan fingerprint density at radius 1 is 1.20 bits per heavy atom. The van der Waals surface area contributed by atoms with Crippen molar-refractivity contribution in [1.82, 2.24) is 29.4 Å². The van der Waals surface area contributed by atoms with Gasteiger partial charge in [0, 0.05) is 24.0 Å². The Hall–Kier alpha value is -2.96. The Morgan fingerprint density at radius 3 is 2.64 bits per heavy atom. The average molecular weight is 336 g/mol.